The van der Waals surface area contributed by atoms with Gasteiger partial charge in [0.15, 0.2) is 0 Å². The van der Waals surface area contributed by atoms with Gasteiger partial charge in [-0.3, -0.25) is 4.68 Å². The topological polar surface area (TPSA) is 43.8 Å². The molecule has 0 saturated heterocycles. The predicted molar refractivity (Wildman–Crippen MR) is 58.1 cm³/mol. The van der Waals surface area contributed by atoms with E-state index in [-0.39, 0.29) is 5.41 Å². The molecule has 0 aromatic carbocycles. The largest absolute Gasteiger partial charge is 0.384 e. The minimum Gasteiger partial charge on any atom is -0.384 e. The van der Waals surface area contributed by atoms with Crippen LogP contribution < -0.4 is 5.73 Å². The normalized spacial score (nSPS) is 17.4. The highest BCUT2D eigenvalue weighted by molar-refractivity contribution is 5.45. The molecule has 1 fully saturated rings. The minimum atomic E-state index is 0.194. The van der Waals surface area contributed by atoms with Crippen molar-refractivity contribution in [1.29, 1.82) is 0 Å². The molecule has 2 N–H and O–H groups in total. The maximum atomic E-state index is 5.92. The van der Waals surface area contributed by atoms with Crippen LogP contribution in [0.5, 0.6) is 0 Å². The smallest absolute Gasteiger partial charge is 0.124 e. The first-order valence-electron chi connectivity index (χ1n) is 5.24. The van der Waals surface area contributed by atoms with E-state index in [0.717, 1.165) is 17.3 Å². The predicted octanol–water partition coefficient (Wildman–Crippen LogP) is 2.00. The fraction of sp³-hybridized carbons (Fsp3) is 0.727. The summed E-state index contributed by atoms with van der Waals surface area (Å²) in [4.78, 5) is 0. The van der Waals surface area contributed by atoms with Crippen LogP contribution in [0.15, 0.2) is 0 Å². The van der Waals surface area contributed by atoms with Crippen LogP contribution in [0.25, 0.3) is 0 Å². The average Bonchev–Trinajstić information content (AvgIpc) is 2.90. The Hall–Kier alpha value is -0.990. The number of anilines is 1. The van der Waals surface area contributed by atoms with E-state index in [0.29, 0.717) is 0 Å². The monoisotopic (exact) mass is 193 g/mol. The first kappa shape index (κ1) is 9.56. The fourth-order valence-corrected chi connectivity index (χ4v) is 2.25. The molecule has 0 radical (unpaired) electrons. The first-order chi connectivity index (χ1) is 6.44. The van der Waals surface area contributed by atoms with Crippen molar-refractivity contribution in [2.24, 2.45) is 13.0 Å². The summed E-state index contributed by atoms with van der Waals surface area (Å²) < 4.78 is 1.79. The summed E-state index contributed by atoms with van der Waals surface area (Å²) in [6, 6.07) is 0. The number of nitrogens with zero attached hydrogens (tertiary/aromatic N) is 2. The number of aryl methyl sites for hydroxylation is 1. The lowest BCUT2D eigenvalue weighted by atomic mass is 9.82. The maximum Gasteiger partial charge on any atom is 0.124 e. The van der Waals surface area contributed by atoms with Crippen LogP contribution in [0.4, 0.5) is 5.82 Å². The number of nitrogens with two attached hydrogens (primary N) is 1. The molecule has 1 aliphatic rings. The molecule has 78 valence electrons. The molecule has 0 aliphatic heterocycles. The zero-order valence-corrected chi connectivity index (χ0v) is 9.46. The van der Waals surface area contributed by atoms with Gasteiger partial charge in [-0.1, -0.05) is 13.8 Å². The lowest BCUT2D eigenvalue weighted by Gasteiger charge is -2.22. The molecule has 3 heteroatoms. The van der Waals surface area contributed by atoms with Crippen LogP contribution in [0.2, 0.25) is 0 Å². The van der Waals surface area contributed by atoms with Gasteiger partial charge in [0, 0.05) is 18.0 Å². The van der Waals surface area contributed by atoms with Crippen LogP contribution in [0, 0.1) is 12.8 Å². The zero-order chi connectivity index (χ0) is 10.5. The molecule has 2 rings (SSSR count). The van der Waals surface area contributed by atoms with E-state index in [2.05, 4.69) is 25.9 Å². The second kappa shape index (κ2) is 2.75. The van der Waals surface area contributed by atoms with Gasteiger partial charge in [-0.2, -0.15) is 5.10 Å². The summed E-state index contributed by atoms with van der Waals surface area (Å²) in [6.07, 6.45) is 2.67. The van der Waals surface area contributed by atoms with Crippen LogP contribution in [-0.2, 0) is 12.5 Å². The van der Waals surface area contributed by atoms with Gasteiger partial charge in [0.1, 0.15) is 5.82 Å². The van der Waals surface area contributed by atoms with E-state index in [4.69, 9.17) is 5.73 Å². The Morgan fingerprint density at radius 3 is 2.36 bits per heavy atom. The van der Waals surface area contributed by atoms with E-state index in [1.807, 2.05) is 7.05 Å². The molecular weight excluding hydrogens is 174 g/mol. The van der Waals surface area contributed by atoms with Gasteiger partial charge in [-0.05, 0) is 25.7 Å². The summed E-state index contributed by atoms with van der Waals surface area (Å²) in [7, 11) is 1.91. The van der Waals surface area contributed by atoms with E-state index in [1.54, 1.807) is 4.68 Å². The Kier molecular flexibility index (Phi) is 1.88. The Labute approximate surface area is 85.3 Å². The molecule has 1 heterocycles. The van der Waals surface area contributed by atoms with Gasteiger partial charge in [-0.25, -0.2) is 0 Å². The minimum absolute atomic E-state index is 0.194. The molecule has 14 heavy (non-hydrogen) atoms. The molecule has 1 aliphatic carbocycles. The third-order valence-electron chi connectivity index (χ3n) is 3.55. The van der Waals surface area contributed by atoms with Crippen molar-refractivity contribution < 1.29 is 0 Å². The second-order valence-electron chi connectivity index (χ2n) is 4.98. The molecule has 1 aromatic rings. The molecule has 0 atom stereocenters. The molecule has 3 nitrogen and oxygen atoms in total. The molecule has 0 bridgehead atoms. The maximum absolute atomic E-state index is 5.92. The summed E-state index contributed by atoms with van der Waals surface area (Å²) in [5.74, 6) is 1.60. The van der Waals surface area contributed by atoms with Crippen molar-refractivity contribution in [2.75, 3.05) is 5.73 Å². The summed E-state index contributed by atoms with van der Waals surface area (Å²) in [6.45, 7) is 6.63. The van der Waals surface area contributed by atoms with Crippen molar-refractivity contribution >= 4 is 5.82 Å². The third kappa shape index (κ3) is 1.22. The van der Waals surface area contributed by atoms with Gasteiger partial charge in [0.2, 0.25) is 0 Å². The number of rotatable bonds is 2. The lowest BCUT2D eigenvalue weighted by molar-refractivity contribution is 0.433. The lowest BCUT2D eigenvalue weighted by Crippen LogP contribution is -2.21. The zero-order valence-electron chi connectivity index (χ0n) is 9.46. The summed E-state index contributed by atoms with van der Waals surface area (Å²) >= 11 is 0. The van der Waals surface area contributed by atoms with Gasteiger partial charge in [0.05, 0.1) is 5.69 Å². The van der Waals surface area contributed by atoms with Crippen molar-refractivity contribution in [3.63, 3.8) is 0 Å². The van der Waals surface area contributed by atoms with Crippen LogP contribution >= 0.6 is 0 Å². The number of hydrogen-bond acceptors (Lipinski definition) is 2. The van der Waals surface area contributed by atoms with Gasteiger partial charge >= 0.3 is 0 Å². The molecule has 0 amide bonds. The summed E-state index contributed by atoms with van der Waals surface area (Å²) in [5.41, 5.74) is 8.45. The Bertz CT molecular complexity index is 359. The van der Waals surface area contributed by atoms with Crippen molar-refractivity contribution in [3.05, 3.63) is 11.3 Å². The standard InChI is InChI=1S/C11H19N3/c1-7-9(13-14(4)10(7)12)11(2,3)8-5-6-8/h8H,5-6,12H2,1-4H3. The summed E-state index contributed by atoms with van der Waals surface area (Å²) in [5, 5.41) is 4.53. The van der Waals surface area contributed by atoms with Crippen molar-refractivity contribution in [2.45, 2.75) is 39.0 Å². The van der Waals surface area contributed by atoms with Crippen LogP contribution in [0.3, 0.4) is 0 Å². The van der Waals surface area contributed by atoms with Gasteiger partial charge in [0.25, 0.3) is 0 Å². The molecule has 1 aromatic heterocycles. The average molecular weight is 193 g/mol. The molecule has 0 unspecified atom stereocenters. The number of hydrogen-bond donors (Lipinski definition) is 1. The van der Waals surface area contributed by atoms with E-state index in [1.165, 1.54) is 18.5 Å². The Morgan fingerprint density at radius 1 is 1.43 bits per heavy atom. The SMILES string of the molecule is Cc1c(C(C)(C)C2CC2)nn(C)c1N. The Morgan fingerprint density at radius 2 is 2.00 bits per heavy atom. The van der Waals surface area contributed by atoms with Crippen molar-refractivity contribution in [1.82, 2.24) is 9.78 Å². The molecular formula is C11H19N3. The fourth-order valence-electron chi connectivity index (χ4n) is 2.25. The third-order valence-corrected chi connectivity index (χ3v) is 3.55. The molecule has 0 spiro atoms. The van der Waals surface area contributed by atoms with E-state index < -0.39 is 0 Å². The van der Waals surface area contributed by atoms with Crippen LogP contribution in [0.1, 0.15) is 37.9 Å². The quantitative estimate of drug-likeness (QED) is 0.780. The highest BCUT2D eigenvalue weighted by Gasteiger charge is 2.41. The second-order valence-corrected chi connectivity index (χ2v) is 4.98. The highest BCUT2D eigenvalue weighted by Crippen LogP contribution is 2.47. The van der Waals surface area contributed by atoms with Gasteiger partial charge in [-0.15, -0.1) is 0 Å². The Balaban J connectivity index is 2.44. The van der Waals surface area contributed by atoms with Gasteiger partial charge < -0.3 is 5.73 Å². The highest BCUT2D eigenvalue weighted by atomic mass is 15.3. The number of aromatic nitrogens is 2. The van der Waals surface area contributed by atoms with E-state index in [9.17, 15) is 0 Å². The van der Waals surface area contributed by atoms with E-state index >= 15 is 0 Å². The number of nitrogen functional groups attached to an aromatic ring is 1. The van der Waals surface area contributed by atoms with Crippen molar-refractivity contribution in [3.8, 4) is 0 Å². The molecule has 1 saturated carbocycles. The first-order valence-corrected chi connectivity index (χ1v) is 5.24. The van der Waals surface area contributed by atoms with Crippen LogP contribution in [-0.4, -0.2) is 9.78 Å².